The van der Waals surface area contributed by atoms with Crippen molar-refractivity contribution in [3.8, 4) is 0 Å². The predicted octanol–water partition coefficient (Wildman–Crippen LogP) is 0.00502. The highest BCUT2D eigenvalue weighted by atomic mass is 19.1. The van der Waals surface area contributed by atoms with Crippen LogP contribution >= 0.6 is 0 Å². The van der Waals surface area contributed by atoms with Crippen LogP contribution in [0.4, 0.5) is 10.1 Å². The summed E-state index contributed by atoms with van der Waals surface area (Å²) in [5.74, 6) is 4.84. The van der Waals surface area contributed by atoms with Gasteiger partial charge in [0.2, 0.25) is 0 Å². The number of aliphatic hydroxyl groups is 2. The molecular weight excluding hydrogens is 379 g/mol. The second kappa shape index (κ2) is 5.93. The van der Waals surface area contributed by atoms with Crippen LogP contribution in [0.25, 0.3) is 10.9 Å². The average Bonchev–Trinajstić information content (AvgIpc) is 3.36. The van der Waals surface area contributed by atoms with Gasteiger partial charge in [0.25, 0.3) is 5.56 Å². The number of nitrogens with zero attached hydrogens (tertiary/aromatic N) is 3. The summed E-state index contributed by atoms with van der Waals surface area (Å²) in [4.78, 5) is 27.0. The zero-order valence-electron chi connectivity index (χ0n) is 16.0. The van der Waals surface area contributed by atoms with Gasteiger partial charge in [0.15, 0.2) is 0 Å². The number of benzene rings is 1. The molecule has 1 saturated heterocycles. The zero-order valence-corrected chi connectivity index (χ0v) is 16.0. The molecule has 4 N–H and O–H groups in total. The van der Waals surface area contributed by atoms with Crippen LogP contribution in [-0.4, -0.2) is 44.8 Å². The van der Waals surface area contributed by atoms with Crippen LogP contribution in [0.3, 0.4) is 0 Å². The Balaban J connectivity index is 1.70. The number of anilines is 1. The van der Waals surface area contributed by atoms with Crippen LogP contribution in [0.15, 0.2) is 27.8 Å². The molecule has 8 nitrogen and oxygen atoms in total. The number of hydrogen-bond acceptors (Lipinski definition) is 6. The molecule has 0 radical (unpaired) electrons. The molecule has 1 aromatic heterocycles. The summed E-state index contributed by atoms with van der Waals surface area (Å²) in [5.41, 5.74) is -1.37. The number of rotatable bonds is 3. The van der Waals surface area contributed by atoms with Crippen molar-refractivity contribution in [2.45, 2.75) is 31.4 Å². The third-order valence-corrected chi connectivity index (χ3v) is 6.69. The normalized spacial score (nSPS) is 28.5. The molecule has 2 fully saturated rings. The maximum Gasteiger partial charge on any atom is 0.350 e. The van der Waals surface area contributed by atoms with Crippen LogP contribution in [0.2, 0.25) is 0 Å². The van der Waals surface area contributed by atoms with E-state index in [1.54, 1.807) is 13.0 Å². The Morgan fingerprint density at radius 3 is 2.69 bits per heavy atom. The Kier molecular flexibility index (Phi) is 3.76. The molecule has 154 valence electrons. The molecule has 1 saturated carbocycles. The van der Waals surface area contributed by atoms with Crippen LogP contribution < -0.4 is 22.0 Å². The summed E-state index contributed by atoms with van der Waals surface area (Å²) in [5, 5.41) is 20.3. The minimum atomic E-state index is -1.32. The highest BCUT2D eigenvalue weighted by Crippen LogP contribution is 2.44. The number of fused-ring (bicyclic) bond motifs is 2. The minimum absolute atomic E-state index is 0.00989. The van der Waals surface area contributed by atoms with E-state index in [1.807, 2.05) is 11.0 Å². The van der Waals surface area contributed by atoms with Gasteiger partial charge in [-0.25, -0.2) is 9.18 Å². The van der Waals surface area contributed by atoms with E-state index in [-0.39, 0.29) is 23.3 Å². The highest BCUT2D eigenvalue weighted by Gasteiger charge is 2.48. The fraction of sp³-hybridized carbons (Fsp3) is 0.500. The fourth-order valence-corrected chi connectivity index (χ4v) is 5.04. The number of nitrogen functional groups attached to an aromatic ring is 1. The summed E-state index contributed by atoms with van der Waals surface area (Å²) in [6, 6.07) is 1.11. The third kappa shape index (κ3) is 2.43. The van der Waals surface area contributed by atoms with Gasteiger partial charge in [-0.1, -0.05) is 12.2 Å². The van der Waals surface area contributed by atoms with Crippen LogP contribution in [0.1, 0.15) is 24.4 Å². The monoisotopic (exact) mass is 402 g/mol. The predicted molar refractivity (Wildman–Crippen MR) is 106 cm³/mol. The van der Waals surface area contributed by atoms with Crippen molar-refractivity contribution in [3.63, 3.8) is 0 Å². The maximum atomic E-state index is 15.2. The number of halogens is 1. The lowest BCUT2D eigenvalue weighted by Crippen LogP contribution is -2.45. The van der Waals surface area contributed by atoms with Crippen molar-refractivity contribution in [1.82, 2.24) is 9.24 Å². The topological polar surface area (TPSA) is 114 Å². The van der Waals surface area contributed by atoms with Gasteiger partial charge in [-0.2, -0.15) is 4.68 Å². The van der Waals surface area contributed by atoms with Gasteiger partial charge in [-0.15, -0.1) is 0 Å². The lowest BCUT2D eigenvalue weighted by molar-refractivity contribution is -0.0134. The summed E-state index contributed by atoms with van der Waals surface area (Å²) < 4.78 is 17.3. The van der Waals surface area contributed by atoms with E-state index in [0.717, 1.165) is 18.9 Å². The quantitative estimate of drug-likeness (QED) is 0.492. The summed E-state index contributed by atoms with van der Waals surface area (Å²) in [6.45, 7) is 2.16. The Morgan fingerprint density at radius 2 is 2.03 bits per heavy atom. The SMILES string of the molecule is Cc1c(N2CC3C=CC(O)(CO)C3C2)c(F)cc2c(=O)n(N)c(=O)n(C3CC3)c12. The van der Waals surface area contributed by atoms with Gasteiger partial charge in [0.05, 0.1) is 23.2 Å². The summed E-state index contributed by atoms with van der Waals surface area (Å²) >= 11 is 0. The van der Waals surface area contributed by atoms with Crippen molar-refractivity contribution in [2.75, 3.05) is 30.4 Å². The molecule has 0 bridgehead atoms. The number of nitrogens with two attached hydrogens (primary N) is 1. The second-order valence-corrected chi connectivity index (χ2v) is 8.47. The molecule has 2 heterocycles. The first-order chi connectivity index (χ1) is 13.8. The van der Waals surface area contributed by atoms with Gasteiger partial charge in [-0.3, -0.25) is 9.36 Å². The molecule has 5 rings (SSSR count). The van der Waals surface area contributed by atoms with Gasteiger partial charge in [-0.05, 0) is 25.8 Å². The Hall–Kier alpha value is -2.65. The molecule has 3 unspecified atom stereocenters. The molecule has 9 heteroatoms. The standard InChI is InChI=1S/C20H23FN4O4/c1-10-16-13(18(27)25(22)19(28)24(16)12-2-3-12)6-15(21)17(10)23-7-11-4-5-20(29,9-26)14(11)8-23/h4-6,11-12,14,26,29H,2-3,7-9,22H2,1H3. The van der Waals surface area contributed by atoms with Crippen LogP contribution in [0, 0.1) is 24.6 Å². The Bertz CT molecular complexity index is 1180. The number of aliphatic hydroxyl groups excluding tert-OH is 1. The maximum absolute atomic E-state index is 15.2. The molecule has 2 aliphatic carbocycles. The fourth-order valence-electron chi connectivity index (χ4n) is 5.04. The molecule has 3 aliphatic rings. The molecular formula is C20H23FN4O4. The Morgan fingerprint density at radius 1 is 1.31 bits per heavy atom. The molecule has 0 amide bonds. The second-order valence-electron chi connectivity index (χ2n) is 8.47. The largest absolute Gasteiger partial charge is 0.393 e. The number of hydrogen-bond donors (Lipinski definition) is 3. The van der Waals surface area contributed by atoms with Crippen molar-refractivity contribution in [1.29, 1.82) is 0 Å². The molecule has 1 aromatic carbocycles. The Labute approximate surface area is 165 Å². The third-order valence-electron chi connectivity index (χ3n) is 6.69. The van der Waals surface area contributed by atoms with Crippen molar-refractivity contribution < 1.29 is 14.6 Å². The lowest BCUT2D eigenvalue weighted by atomic mass is 9.88. The van der Waals surface area contributed by atoms with E-state index in [0.29, 0.717) is 34.5 Å². The molecule has 0 spiro atoms. The van der Waals surface area contributed by atoms with Gasteiger partial charge < -0.3 is 21.0 Å². The van der Waals surface area contributed by atoms with E-state index in [9.17, 15) is 19.8 Å². The molecule has 29 heavy (non-hydrogen) atoms. The minimum Gasteiger partial charge on any atom is -0.393 e. The smallest absolute Gasteiger partial charge is 0.350 e. The number of aryl methyl sites for hydroxylation is 1. The first-order valence-corrected chi connectivity index (χ1v) is 9.80. The van der Waals surface area contributed by atoms with E-state index in [4.69, 9.17) is 5.84 Å². The van der Waals surface area contributed by atoms with Crippen molar-refractivity contribution in [2.24, 2.45) is 11.8 Å². The van der Waals surface area contributed by atoms with E-state index >= 15 is 4.39 Å². The van der Waals surface area contributed by atoms with E-state index < -0.39 is 29.3 Å². The molecule has 3 atom stereocenters. The zero-order chi connectivity index (χ0) is 20.7. The summed E-state index contributed by atoms with van der Waals surface area (Å²) in [6.07, 6.45) is 5.10. The van der Waals surface area contributed by atoms with Gasteiger partial charge in [0.1, 0.15) is 11.4 Å². The molecule has 2 aromatic rings. The number of aromatic nitrogens is 2. The van der Waals surface area contributed by atoms with Crippen molar-refractivity contribution >= 4 is 16.6 Å². The lowest BCUT2D eigenvalue weighted by Gasteiger charge is -2.28. The highest BCUT2D eigenvalue weighted by molar-refractivity contribution is 5.87. The van der Waals surface area contributed by atoms with Crippen molar-refractivity contribution in [3.05, 3.63) is 50.4 Å². The molecule has 1 aliphatic heterocycles. The first-order valence-electron chi connectivity index (χ1n) is 9.80. The van der Waals surface area contributed by atoms with Crippen LogP contribution in [-0.2, 0) is 0 Å². The van der Waals surface area contributed by atoms with E-state index in [2.05, 4.69) is 0 Å². The van der Waals surface area contributed by atoms with Gasteiger partial charge >= 0.3 is 5.69 Å². The first kappa shape index (κ1) is 18.4. The summed E-state index contributed by atoms with van der Waals surface area (Å²) in [7, 11) is 0. The van der Waals surface area contributed by atoms with Gasteiger partial charge in [0, 0.05) is 36.5 Å². The van der Waals surface area contributed by atoms with Crippen LogP contribution in [0.5, 0.6) is 0 Å². The van der Waals surface area contributed by atoms with E-state index in [1.165, 1.54) is 4.57 Å². The average molecular weight is 402 g/mol.